The van der Waals surface area contributed by atoms with Crippen LogP contribution in [0.15, 0.2) is 71.4 Å². The molecule has 7 heteroatoms. The number of aliphatic hydroxyl groups excluding tert-OH is 1. The van der Waals surface area contributed by atoms with Crippen molar-refractivity contribution in [1.29, 1.82) is 0 Å². The maximum atomic E-state index is 13.4. The highest BCUT2D eigenvalue weighted by Crippen LogP contribution is 2.40. The van der Waals surface area contributed by atoms with Gasteiger partial charge in [0.25, 0.3) is 0 Å². The molecule has 2 heterocycles. The van der Waals surface area contributed by atoms with Crippen LogP contribution in [0.1, 0.15) is 44.7 Å². The maximum Gasteiger partial charge on any atom is 0.236 e. The average molecular weight is 471 g/mol. The number of benzene rings is 1. The third-order valence-corrected chi connectivity index (χ3v) is 7.22. The first-order chi connectivity index (χ1) is 16.2. The Kier molecular flexibility index (Phi) is 7.17. The molecular weight excluding hydrogens is 433 g/mol. The normalized spacial score (nSPS) is 28.0. The van der Waals surface area contributed by atoms with Crippen molar-refractivity contribution in [2.45, 2.75) is 45.4 Å². The van der Waals surface area contributed by atoms with Crippen molar-refractivity contribution >= 4 is 0 Å². The zero-order chi connectivity index (χ0) is 24.5. The third-order valence-electron chi connectivity index (χ3n) is 7.22. The van der Waals surface area contributed by atoms with E-state index in [1.165, 1.54) is 17.8 Å². The first kappa shape index (κ1) is 24.5. The van der Waals surface area contributed by atoms with Gasteiger partial charge in [-0.05, 0) is 43.5 Å². The average Bonchev–Trinajstić information content (AvgIpc) is 3.15. The molecule has 0 saturated carbocycles. The van der Waals surface area contributed by atoms with Gasteiger partial charge in [-0.2, -0.15) is 0 Å². The molecule has 0 amide bonds. The van der Waals surface area contributed by atoms with E-state index >= 15 is 0 Å². The number of hydrogen-bond donors (Lipinski definition) is 1. The number of aliphatic hydroxyl groups is 1. The van der Waals surface area contributed by atoms with Crippen molar-refractivity contribution in [2.24, 2.45) is 5.41 Å². The molecule has 0 bridgehead atoms. The molecule has 184 valence electrons. The lowest BCUT2D eigenvalue weighted by atomic mass is 9.79. The van der Waals surface area contributed by atoms with Crippen LogP contribution >= 0.6 is 0 Å². The number of ether oxygens (including phenoxy) is 1. The summed E-state index contributed by atoms with van der Waals surface area (Å²) in [6, 6.07) is 5.90. The molecule has 3 atom stereocenters. The van der Waals surface area contributed by atoms with E-state index in [0.29, 0.717) is 0 Å². The summed E-state index contributed by atoms with van der Waals surface area (Å²) in [6.07, 6.45) is 10.7. The minimum atomic E-state index is -0.560. The van der Waals surface area contributed by atoms with E-state index < -0.39 is 6.23 Å². The second kappa shape index (κ2) is 9.94. The molecule has 2 aliphatic heterocycles. The van der Waals surface area contributed by atoms with Crippen molar-refractivity contribution in [3.8, 4) is 0 Å². The number of piperidine rings is 1. The number of allylic oxidation sites excluding steroid dienone is 5. The summed E-state index contributed by atoms with van der Waals surface area (Å²) >= 11 is 0. The van der Waals surface area contributed by atoms with Crippen molar-refractivity contribution < 1.29 is 19.3 Å². The van der Waals surface area contributed by atoms with E-state index in [1.54, 1.807) is 19.2 Å². The van der Waals surface area contributed by atoms with Crippen LogP contribution in [0.2, 0.25) is 0 Å². The van der Waals surface area contributed by atoms with Crippen LogP contribution in [0, 0.1) is 11.2 Å². The number of methoxy groups -OCH3 is 1. The van der Waals surface area contributed by atoms with Gasteiger partial charge in [0, 0.05) is 42.9 Å². The van der Waals surface area contributed by atoms with Crippen LogP contribution in [-0.2, 0) is 4.74 Å². The molecule has 34 heavy (non-hydrogen) atoms. The Hall–Kier alpha value is -2.61. The third kappa shape index (κ3) is 4.92. The predicted molar refractivity (Wildman–Crippen MR) is 132 cm³/mol. The topological polar surface area (TPSA) is 62.1 Å². The summed E-state index contributed by atoms with van der Waals surface area (Å²) in [5, 5.41) is 19.1. The second-order valence-electron chi connectivity index (χ2n) is 9.82. The summed E-state index contributed by atoms with van der Waals surface area (Å²) < 4.78 is 19.2. The lowest BCUT2D eigenvalue weighted by Crippen LogP contribution is -2.45. The quantitative estimate of drug-likeness (QED) is 0.506. The summed E-state index contributed by atoms with van der Waals surface area (Å²) in [5.41, 5.74) is 3.91. The Labute approximate surface area is 201 Å². The summed E-state index contributed by atoms with van der Waals surface area (Å²) in [5.74, 6) is 0.640. The zero-order valence-corrected chi connectivity index (χ0v) is 20.6. The SMILES string of the molecule is COC1=C(N2C=C(C)N(C)C2)C=CC(C)(/C=C2\CCCN([C@@H](CO)c3ccc(F)cc3)C2[OH2+])C1. The Morgan fingerprint density at radius 3 is 2.68 bits per heavy atom. The largest absolute Gasteiger partial charge is 0.499 e. The van der Waals surface area contributed by atoms with Crippen LogP contribution < -0.4 is 0 Å². The Balaban J connectivity index is 1.55. The fourth-order valence-electron chi connectivity index (χ4n) is 5.18. The minimum absolute atomic E-state index is 0.109. The Bertz CT molecular complexity index is 1020. The van der Waals surface area contributed by atoms with Crippen molar-refractivity contribution in [2.75, 3.05) is 34.0 Å². The molecule has 0 radical (unpaired) electrons. The van der Waals surface area contributed by atoms with Crippen molar-refractivity contribution in [3.63, 3.8) is 0 Å². The fraction of sp³-hybridized carbons (Fsp3) is 0.481. The number of likely N-dealkylation sites (tertiary alicyclic amines) is 1. The summed E-state index contributed by atoms with van der Waals surface area (Å²) in [4.78, 5) is 6.43. The number of rotatable bonds is 6. The van der Waals surface area contributed by atoms with Gasteiger partial charge in [-0.15, -0.1) is 0 Å². The van der Waals surface area contributed by atoms with Gasteiger partial charge in [-0.25, -0.2) is 9.29 Å². The molecule has 3 N–H and O–H groups in total. The van der Waals surface area contributed by atoms with E-state index in [2.05, 4.69) is 55.1 Å². The van der Waals surface area contributed by atoms with E-state index in [9.17, 15) is 9.50 Å². The Morgan fingerprint density at radius 2 is 2.06 bits per heavy atom. The first-order valence-electron chi connectivity index (χ1n) is 11.9. The summed E-state index contributed by atoms with van der Waals surface area (Å²) in [6.45, 7) is 5.69. The molecule has 3 aliphatic rings. The molecule has 1 aliphatic carbocycles. The highest BCUT2D eigenvalue weighted by molar-refractivity contribution is 5.35. The number of nitrogens with zero attached hydrogens (tertiary/aromatic N) is 3. The standard InChI is InChI=1S/C27H36FN3O3/c1-19-16-30(18-29(19)3)23-11-12-27(2,15-25(23)34-4)14-21-6-5-13-31(26(21)33)24(17-32)20-7-9-22(28)10-8-20/h7-12,14,16,24,26,32-33H,5-6,13,15,17-18H2,1-4H3/p+1/b21-14+/t24-,26?,27?/m0/s1. The molecule has 0 aromatic heterocycles. The second-order valence-corrected chi connectivity index (χ2v) is 9.82. The van der Waals surface area contributed by atoms with Gasteiger partial charge < -0.3 is 24.7 Å². The molecule has 1 fully saturated rings. The molecular formula is C27H37FN3O3+. The smallest absolute Gasteiger partial charge is 0.236 e. The van der Waals surface area contributed by atoms with Crippen LogP contribution in [0.5, 0.6) is 0 Å². The first-order valence-corrected chi connectivity index (χ1v) is 11.9. The number of hydrogen-bond acceptors (Lipinski definition) is 5. The molecule has 1 aromatic carbocycles. The summed E-state index contributed by atoms with van der Waals surface area (Å²) in [7, 11) is 3.80. The van der Waals surface area contributed by atoms with Crippen LogP contribution in [0.4, 0.5) is 4.39 Å². The van der Waals surface area contributed by atoms with Crippen LogP contribution in [0.25, 0.3) is 0 Å². The van der Waals surface area contributed by atoms with Gasteiger partial charge in [0.15, 0.2) is 0 Å². The van der Waals surface area contributed by atoms with Gasteiger partial charge in [-0.1, -0.05) is 31.2 Å². The van der Waals surface area contributed by atoms with Crippen LogP contribution in [0.3, 0.4) is 0 Å². The van der Waals surface area contributed by atoms with Gasteiger partial charge in [-0.3, -0.25) is 0 Å². The monoisotopic (exact) mass is 470 g/mol. The van der Waals surface area contributed by atoms with E-state index in [-0.39, 0.29) is 23.9 Å². The molecule has 0 spiro atoms. The highest BCUT2D eigenvalue weighted by atomic mass is 19.1. The minimum Gasteiger partial charge on any atom is -0.499 e. The number of halogens is 1. The van der Waals surface area contributed by atoms with E-state index in [1.807, 2.05) is 4.90 Å². The van der Waals surface area contributed by atoms with Crippen molar-refractivity contribution in [3.05, 3.63) is 82.8 Å². The van der Waals surface area contributed by atoms with Gasteiger partial charge in [0.2, 0.25) is 6.23 Å². The van der Waals surface area contributed by atoms with E-state index in [4.69, 9.17) is 9.84 Å². The van der Waals surface area contributed by atoms with Crippen LogP contribution in [-0.4, -0.2) is 65.1 Å². The van der Waals surface area contributed by atoms with Gasteiger partial charge in [0.1, 0.15) is 11.6 Å². The zero-order valence-electron chi connectivity index (χ0n) is 20.6. The molecule has 1 saturated heterocycles. The van der Waals surface area contributed by atoms with Gasteiger partial charge >= 0.3 is 0 Å². The molecule has 2 unspecified atom stereocenters. The lowest BCUT2D eigenvalue weighted by molar-refractivity contribution is -0.0326. The predicted octanol–water partition coefficient (Wildman–Crippen LogP) is 3.82. The molecule has 4 rings (SSSR count). The molecule has 6 nitrogen and oxygen atoms in total. The fourth-order valence-corrected chi connectivity index (χ4v) is 5.18. The van der Waals surface area contributed by atoms with Crippen molar-refractivity contribution in [1.82, 2.24) is 14.7 Å². The lowest BCUT2D eigenvalue weighted by Gasteiger charge is -2.38. The van der Waals surface area contributed by atoms with E-state index in [0.717, 1.165) is 55.1 Å². The Morgan fingerprint density at radius 1 is 1.32 bits per heavy atom. The molecule has 1 aromatic rings. The highest BCUT2D eigenvalue weighted by Gasteiger charge is 2.37. The van der Waals surface area contributed by atoms with Gasteiger partial charge in [0.05, 0.1) is 32.1 Å². The maximum absolute atomic E-state index is 13.4.